The molecule has 2 rings (SSSR count). The molecule has 0 aromatic heterocycles. The second-order valence-corrected chi connectivity index (χ2v) is 3.39. The monoisotopic (exact) mass is 240 g/mol. The quantitative estimate of drug-likeness (QED) is 0.688. The Morgan fingerprint density at radius 2 is 1.47 bits per heavy atom. The van der Waals surface area contributed by atoms with Crippen molar-refractivity contribution in [2.24, 2.45) is 0 Å². The molecule has 10 radical (unpaired) electrons. The maximum atomic E-state index is 11.6. The van der Waals surface area contributed by atoms with Crippen LogP contribution in [-0.2, 0) is 21.9 Å². The molecule has 2 heteroatoms. The second kappa shape index (κ2) is 6.70. The van der Waals surface area contributed by atoms with Crippen molar-refractivity contribution in [1.82, 2.24) is 0 Å². The van der Waals surface area contributed by atoms with E-state index in [1.807, 2.05) is 38.5 Å². The van der Waals surface area contributed by atoms with Crippen molar-refractivity contribution >= 4 is 5.78 Å². The molecular weight excluding hydrogens is 228 g/mol. The van der Waals surface area contributed by atoms with Crippen LogP contribution in [0.3, 0.4) is 0 Å². The van der Waals surface area contributed by atoms with Gasteiger partial charge in [-0.1, -0.05) is 0 Å². The molecule has 1 nitrogen and oxygen atoms in total. The molecule has 0 N–H and O–H groups in total. The SMILES string of the molecule is O=C(CC[C]1[CH][CH][CH][CH]1)[C]1[CH][CH][CH][CH]1.[Fe+2]. The summed E-state index contributed by atoms with van der Waals surface area (Å²) in [7, 11) is 0. The molecule has 2 aliphatic rings. The topological polar surface area (TPSA) is 17.1 Å². The first-order valence-electron chi connectivity index (χ1n) is 4.82. The average Bonchev–Trinajstić information content (AvgIpc) is 2.87. The molecule has 2 saturated carbocycles. The summed E-state index contributed by atoms with van der Waals surface area (Å²) in [5.41, 5.74) is 0. The first kappa shape index (κ1) is 13.3. The van der Waals surface area contributed by atoms with Crippen molar-refractivity contribution in [3.8, 4) is 0 Å². The predicted octanol–water partition coefficient (Wildman–Crippen LogP) is 2.14. The third-order valence-electron chi connectivity index (χ3n) is 2.36. The van der Waals surface area contributed by atoms with Crippen LogP contribution < -0.4 is 0 Å². The summed E-state index contributed by atoms with van der Waals surface area (Å²) in [6.07, 6.45) is 17.1. The summed E-state index contributed by atoms with van der Waals surface area (Å²) >= 11 is 0. The molecule has 0 amide bonds. The second-order valence-electron chi connectivity index (χ2n) is 3.39. The fraction of sp³-hybridized carbons (Fsp3) is 0.154. The molecule has 76 valence electrons. The number of Topliss-reactive ketones (excluding diaryl/α,β-unsaturated/α-hetero) is 1. The van der Waals surface area contributed by atoms with E-state index in [0.717, 1.165) is 12.3 Å². The molecule has 0 aliphatic heterocycles. The summed E-state index contributed by atoms with van der Waals surface area (Å²) in [6.45, 7) is 0. The predicted molar refractivity (Wildman–Crippen MR) is 55.1 cm³/mol. The number of ketones is 1. The van der Waals surface area contributed by atoms with Gasteiger partial charge in [0.25, 0.3) is 0 Å². The van der Waals surface area contributed by atoms with E-state index in [1.165, 1.54) is 5.92 Å². The van der Waals surface area contributed by atoms with Crippen molar-refractivity contribution in [3.05, 3.63) is 63.2 Å². The van der Waals surface area contributed by atoms with Gasteiger partial charge in [0.15, 0.2) is 0 Å². The molecule has 0 unspecified atom stereocenters. The van der Waals surface area contributed by atoms with Crippen LogP contribution in [0.2, 0.25) is 0 Å². The molecule has 2 aliphatic carbocycles. The Morgan fingerprint density at radius 3 is 2.07 bits per heavy atom. The fourth-order valence-corrected chi connectivity index (χ4v) is 1.54. The van der Waals surface area contributed by atoms with E-state index < -0.39 is 0 Å². The Labute approximate surface area is 104 Å². The average molecular weight is 240 g/mol. The largest absolute Gasteiger partial charge is 2.00 e. The van der Waals surface area contributed by atoms with Crippen LogP contribution >= 0.6 is 0 Å². The molecule has 0 saturated heterocycles. The molecule has 0 aromatic rings. The van der Waals surface area contributed by atoms with Gasteiger partial charge in [-0.25, -0.2) is 0 Å². The van der Waals surface area contributed by atoms with Crippen LogP contribution in [0.15, 0.2) is 0 Å². The summed E-state index contributed by atoms with van der Waals surface area (Å²) in [5, 5.41) is 0. The minimum absolute atomic E-state index is 0. The van der Waals surface area contributed by atoms with Crippen LogP contribution in [0.4, 0.5) is 0 Å². The van der Waals surface area contributed by atoms with Gasteiger partial charge in [0.2, 0.25) is 0 Å². The van der Waals surface area contributed by atoms with Crippen molar-refractivity contribution in [2.75, 3.05) is 0 Å². The van der Waals surface area contributed by atoms with Crippen molar-refractivity contribution in [1.29, 1.82) is 0 Å². The van der Waals surface area contributed by atoms with Crippen LogP contribution in [0.1, 0.15) is 12.8 Å². The van der Waals surface area contributed by atoms with E-state index in [-0.39, 0.29) is 22.9 Å². The Balaban J connectivity index is 0.00000112. The molecule has 0 aromatic carbocycles. The zero-order valence-electron chi connectivity index (χ0n) is 8.29. The Morgan fingerprint density at radius 1 is 0.933 bits per heavy atom. The first-order valence-corrected chi connectivity index (χ1v) is 4.82. The van der Waals surface area contributed by atoms with Gasteiger partial charge < -0.3 is 0 Å². The summed E-state index contributed by atoms with van der Waals surface area (Å²) in [6, 6.07) is 0. The molecule has 0 heterocycles. The van der Waals surface area contributed by atoms with Gasteiger partial charge in [-0.3, -0.25) is 4.79 Å². The van der Waals surface area contributed by atoms with Crippen molar-refractivity contribution in [3.63, 3.8) is 0 Å². The zero-order chi connectivity index (χ0) is 9.80. The molecule has 0 spiro atoms. The van der Waals surface area contributed by atoms with Gasteiger partial charge in [-0.2, -0.15) is 0 Å². The third-order valence-corrected chi connectivity index (χ3v) is 2.36. The van der Waals surface area contributed by atoms with E-state index in [4.69, 9.17) is 0 Å². The standard InChI is InChI=1S/C13H12O.Fe/c14-13(12-7-3-4-8-12)10-9-11-5-1-2-6-11;/h1-8H,9-10H2;/q;+2. The normalized spacial score (nSPS) is 22.9. The fourth-order valence-electron chi connectivity index (χ4n) is 1.54. The van der Waals surface area contributed by atoms with Gasteiger partial charge in [0, 0.05) is 12.3 Å². The number of carbonyl (C=O) groups excluding carboxylic acids is 1. The Kier molecular flexibility index (Phi) is 5.92. The third kappa shape index (κ3) is 3.92. The molecule has 0 bridgehead atoms. The maximum Gasteiger partial charge on any atom is 2.00 e. The van der Waals surface area contributed by atoms with Gasteiger partial charge >= 0.3 is 17.1 Å². The Hall–Kier alpha value is 0.189. The van der Waals surface area contributed by atoms with Crippen LogP contribution in [-0.4, -0.2) is 5.78 Å². The van der Waals surface area contributed by atoms with Gasteiger partial charge in [0.1, 0.15) is 5.78 Å². The molecular formula is C13H12FeO+2. The van der Waals surface area contributed by atoms with Gasteiger partial charge in [-0.15, -0.1) is 0 Å². The summed E-state index contributed by atoms with van der Waals surface area (Å²) in [4.78, 5) is 11.6. The van der Waals surface area contributed by atoms with Gasteiger partial charge in [0.05, 0.1) is 0 Å². The molecule has 2 fully saturated rings. The van der Waals surface area contributed by atoms with E-state index in [9.17, 15) is 4.79 Å². The van der Waals surface area contributed by atoms with E-state index in [2.05, 4.69) is 12.8 Å². The van der Waals surface area contributed by atoms with Crippen LogP contribution in [0, 0.1) is 63.2 Å². The number of hydrogen-bond acceptors (Lipinski definition) is 1. The number of carbonyl (C=O) groups is 1. The smallest absolute Gasteiger partial charge is 0.299 e. The van der Waals surface area contributed by atoms with Crippen molar-refractivity contribution in [2.45, 2.75) is 12.8 Å². The maximum absolute atomic E-state index is 11.6. The van der Waals surface area contributed by atoms with E-state index in [0.29, 0.717) is 6.42 Å². The number of hydrogen-bond donors (Lipinski definition) is 0. The van der Waals surface area contributed by atoms with Crippen LogP contribution in [0.5, 0.6) is 0 Å². The summed E-state index contributed by atoms with van der Waals surface area (Å²) in [5.74, 6) is 2.30. The Bertz CT molecular complexity index is 191. The van der Waals surface area contributed by atoms with Gasteiger partial charge in [-0.05, 0) is 63.7 Å². The molecule has 0 atom stereocenters. The van der Waals surface area contributed by atoms with Crippen LogP contribution in [0.25, 0.3) is 0 Å². The van der Waals surface area contributed by atoms with E-state index >= 15 is 0 Å². The minimum atomic E-state index is 0. The molecule has 15 heavy (non-hydrogen) atoms. The zero-order valence-corrected chi connectivity index (χ0v) is 9.40. The first-order chi connectivity index (χ1) is 6.86. The van der Waals surface area contributed by atoms with E-state index in [1.54, 1.807) is 0 Å². The number of rotatable bonds is 4. The van der Waals surface area contributed by atoms with Crippen molar-refractivity contribution < 1.29 is 21.9 Å². The minimum Gasteiger partial charge on any atom is -0.299 e. The summed E-state index contributed by atoms with van der Waals surface area (Å²) < 4.78 is 0.